The Morgan fingerprint density at radius 2 is 2.14 bits per heavy atom. The van der Waals surface area contributed by atoms with Gasteiger partial charge in [0.15, 0.2) is 12.6 Å². The van der Waals surface area contributed by atoms with Gasteiger partial charge in [-0.3, -0.25) is 14.5 Å². The van der Waals surface area contributed by atoms with E-state index >= 15 is 0 Å². The van der Waals surface area contributed by atoms with Crippen molar-refractivity contribution >= 4 is 33.8 Å². The van der Waals surface area contributed by atoms with E-state index in [1.54, 1.807) is 26.0 Å². The maximum absolute atomic E-state index is 13.4. The van der Waals surface area contributed by atoms with Crippen LogP contribution in [0.1, 0.15) is 52.4 Å². The first-order valence-electron chi connectivity index (χ1n) is 12.1. The van der Waals surface area contributed by atoms with Crippen LogP contribution >= 0.6 is 15.9 Å². The number of halogens is 1. The number of piperidine rings is 1. The summed E-state index contributed by atoms with van der Waals surface area (Å²) in [5, 5.41) is 10.8. The van der Waals surface area contributed by atoms with Gasteiger partial charge in [0.1, 0.15) is 17.2 Å². The number of carbonyl (C=O) groups excluding carboxylic acids is 2. The molecule has 3 aliphatic heterocycles. The SMILES string of the molecule is CCOC(=O)C1CCCN(Cc2c(O)cc(C)c3c2O/C(=C\c2cc(Br)cc4c2OCOC4)C3=O)C1. The molecule has 5 rings (SSSR count). The number of ether oxygens (including phenoxy) is 4. The zero-order valence-electron chi connectivity index (χ0n) is 20.3. The number of ketones is 1. The van der Waals surface area contributed by atoms with E-state index in [-0.39, 0.29) is 36.0 Å². The summed E-state index contributed by atoms with van der Waals surface area (Å²) in [7, 11) is 0. The lowest BCUT2D eigenvalue weighted by atomic mass is 9.96. The molecule has 0 saturated carbocycles. The van der Waals surface area contributed by atoms with E-state index in [0.717, 1.165) is 29.4 Å². The summed E-state index contributed by atoms with van der Waals surface area (Å²) in [5.74, 6) is 0.619. The van der Waals surface area contributed by atoms with Gasteiger partial charge in [-0.2, -0.15) is 0 Å². The number of fused-ring (bicyclic) bond motifs is 2. The van der Waals surface area contributed by atoms with E-state index in [1.807, 2.05) is 12.1 Å². The quantitative estimate of drug-likeness (QED) is 0.416. The molecule has 9 heteroatoms. The molecule has 0 aliphatic carbocycles. The summed E-state index contributed by atoms with van der Waals surface area (Å²) < 4.78 is 23.3. The van der Waals surface area contributed by atoms with Gasteiger partial charge in [-0.25, -0.2) is 0 Å². The molecule has 8 nitrogen and oxygen atoms in total. The van der Waals surface area contributed by atoms with Gasteiger partial charge in [0, 0.05) is 28.7 Å². The number of esters is 1. The van der Waals surface area contributed by atoms with E-state index < -0.39 is 0 Å². The van der Waals surface area contributed by atoms with Gasteiger partial charge in [0.05, 0.1) is 30.3 Å². The highest BCUT2D eigenvalue weighted by Crippen LogP contribution is 2.43. The van der Waals surface area contributed by atoms with Crippen LogP contribution in [0.2, 0.25) is 0 Å². The maximum Gasteiger partial charge on any atom is 0.310 e. The predicted octanol–water partition coefficient (Wildman–Crippen LogP) is 4.72. The Bertz CT molecular complexity index is 1260. The molecule has 190 valence electrons. The lowest BCUT2D eigenvalue weighted by Crippen LogP contribution is -2.39. The van der Waals surface area contributed by atoms with Crippen molar-refractivity contribution in [2.24, 2.45) is 5.92 Å². The Balaban J connectivity index is 1.45. The fraction of sp³-hybridized carbons (Fsp3) is 0.407. The van der Waals surface area contributed by atoms with Crippen LogP contribution in [-0.4, -0.2) is 48.2 Å². The highest BCUT2D eigenvalue weighted by atomic mass is 79.9. The van der Waals surface area contributed by atoms with Gasteiger partial charge in [-0.05, 0) is 63.1 Å². The molecule has 0 bridgehead atoms. The van der Waals surface area contributed by atoms with Crippen molar-refractivity contribution in [1.29, 1.82) is 0 Å². The standard InChI is InChI=1S/C27H28BrNO7/c1-3-34-27(32)16-5-4-6-29(11-16)12-20-21(30)7-15(2)23-24(31)22(36-26(20)23)10-17-8-19(28)9-18-13-33-14-35-25(17)18/h7-10,16,30H,3-6,11-14H2,1-2H3/b22-10-. The average Bonchev–Trinajstić information content (AvgIpc) is 3.18. The highest BCUT2D eigenvalue weighted by Gasteiger charge is 2.35. The molecule has 1 N–H and O–H groups in total. The number of hydrogen-bond acceptors (Lipinski definition) is 8. The first-order valence-corrected chi connectivity index (χ1v) is 12.9. The minimum Gasteiger partial charge on any atom is -0.507 e. The van der Waals surface area contributed by atoms with Crippen LogP contribution in [0.25, 0.3) is 6.08 Å². The Hall–Kier alpha value is -2.88. The van der Waals surface area contributed by atoms with Crippen LogP contribution in [-0.2, 0) is 27.4 Å². The van der Waals surface area contributed by atoms with Crippen LogP contribution in [0.4, 0.5) is 0 Å². The van der Waals surface area contributed by atoms with Crippen molar-refractivity contribution in [3.05, 3.63) is 56.2 Å². The lowest BCUT2D eigenvalue weighted by Gasteiger charge is -2.31. The second-order valence-electron chi connectivity index (χ2n) is 9.26. The second kappa shape index (κ2) is 10.2. The number of Topliss-reactive ketones (excluding diaryl/α,β-unsaturated/α-hetero) is 1. The van der Waals surface area contributed by atoms with E-state index in [9.17, 15) is 14.7 Å². The van der Waals surface area contributed by atoms with Crippen LogP contribution in [0.15, 0.2) is 28.4 Å². The molecule has 3 heterocycles. The van der Waals surface area contributed by atoms with Crippen molar-refractivity contribution in [2.45, 2.75) is 39.8 Å². The van der Waals surface area contributed by atoms with Gasteiger partial charge in [0.25, 0.3) is 0 Å². The maximum atomic E-state index is 13.4. The van der Waals surface area contributed by atoms with E-state index in [4.69, 9.17) is 18.9 Å². The van der Waals surface area contributed by atoms with Crippen molar-refractivity contribution in [1.82, 2.24) is 4.90 Å². The van der Waals surface area contributed by atoms with Gasteiger partial charge in [-0.1, -0.05) is 15.9 Å². The third-order valence-corrected chi connectivity index (χ3v) is 7.18. The van der Waals surface area contributed by atoms with Crippen LogP contribution in [0, 0.1) is 12.8 Å². The number of benzene rings is 2. The predicted molar refractivity (Wildman–Crippen MR) is 135 cm³/mol. The van der Waals surface area contributed by atoms with Gasteiger partial charge in [0.2, 0.25) is 5.78 Å². The molecule has 2 aromatic carbocycles. The summed E-state index contributed by atoms with van der Waals surface area (Å²) in [6.07, 6.45) is 3.30. The van der Waals surface area contributed by atoms with Crippen molar-refractivity contribution in [2.75, 3.05) is 26.5 Å². The molecule has 36 heavy (non-hydrogen) atoms. The number of phenolic OH excluding ortho intramolecular Hbond substituents is 1. The smallest absolute Gasteiger partial charge is 0.310 e. The monoisotopic (exact) mass is 557 g/mol. The number of aromatic hydroxyl groups is 1. The lowest BCUT2D eigenvalue weighted by molar-refractivity contribution is -0.150. The fourth-order valence-electron chi connectivity index (χ4n) is 5.07. The van der Waals surface area contributed by atoms with Crippen LogP contribution < -0.4 is 9.47 Å². The van der Waals surface area contributed by atoms with E-state index in [0.29, 0.717) is 60.1 Å². The van der Waals surface area contributed by atoms with Crippen molar-refractivity contribution < 1.29 is 33.6 Å². The number of carbonyl (C=O) groups is 2. The highest BCUT2D eigenvalue weighted by molar-refractivity contribution is 9.10. The molecule has 0 radical (unpaired) electrons. The minimum atomic E-state index is -0.243. The molecular weight excluding hydrogens is 530 g/mol. The number of nitrogens with zero attached hydrogens (tertiary/aromatic N) is 1. The number of aryl methyl sites for hydroxylation is 1. The molecule has 0 aromatic heterocycles. The second-order valence-corrected chi connectivity index (χ2v) is 10.2. The first-order chi connectivity index (χ1) is 17.4. The molecule has 1 fully saturated rings. The third-order valence-electron chi connectivity index (χ3n) is 6.72. The Morgan fingerprint density at radius 1 is 1.31 bits per heavy atom. The number of hydrogen-bond donors (Lipinski definition) is 1. The summed E-state index contributed by atoms with van der Waals surface area (Å²) >= 11 is 3.51. The van der Waals surface area contributed by atoms with Crippen molar-refractivity contribution in [3.63, 3.8) is 0 Å². The Kier molecular flexibility index (Phi) is 7.05. The first kappa shape index (κ1) is 24.8. The molecular formula is C27H28BrNO7. The number of rotatable bonds is 5. The topological polar surface area (TPSA) is 94.5 Å². The van der Waals surface area contributed by atoms with Crippen molar-refractivity contribution in [3.8, 4) is 17.2 Å². The fourth-order valence-corrected chi connectivity index (χ4v) is 5.59. The molecule has 3 aliphatic rings. The number of allylic oxidation sites excluding steroid dienone is 1. The number of likely N-dealkylation sites (tertiary alicyclic amines) is 1. The third kappa shape index (κ3) is 4.75. The Morgan fingerprint density at radius 3 is 2.94 bits per heavy atom. The summed E-state index contributed by atoms with van der Waals surface area (Å²) in [6, 6.07) is 5.39. The van der Waals surface area contributed by atoms with E-state index in [2.05, 4.69) is 20.8 Å². The van der Waals surface area contributed by atoms with Crippen LogP contribution in [0.3, 0.4) is 0 Å². The Labute approximate surface area is 217 Å². The molecule has 1 unspecified atom stereocenters. The zero-order valence-corrected chi connectivity index (χ0v) is 21.9. The average molecular weight is 558 g/mol. The summed E-state index contributed by atoms with van der Waals surface area (Å²) in [5.41, 5.74) is 3.21. The zero-order chi connectivity index (χ0) is 25.4. The molecule has 0 amide bonds. The van der Waals surface area contributed by atoms with E-state index in [1.165, 1.54) is 0 Å². The molecule has 1 saturated heterocycles. The molecule has 2 aromatic rings. The summed E-state index contributed by atoms with van der Waals surface area (Å²) in [4.78, 5) is 27.8. The van der Waals surface area contributed by atoms with Gasteiger partial charge < -0.3 is 24.1 Å². The molecule has 1 atom stereocenters. The summed E-state index contributed by atoms with van der Waals surface area (Å²) in [6.45, 7) is 6.16. The van der Waals surface area contributed by atoms with Crippen LogP contribution in [0.5, 0.6) is 17.2 Å². The normalized spacial score (nSPS) is 20.5. The molecule has 0 spiro atoms. The minimum absolute atomic E-state index is 0.0684. The largest absolute Gasteiger partial charge is 0.507 e. The number of phenols is 1. The van der Waals surface area contributed by atoms with Gasteiger partial charge >= 0.3 is 5.97 Å². The van der Waals surface area contributed by atoms with Gasteiger partial charge in [-0.15, -0.1) is 0 Å².